The monoisotopic (exact) mass is 244 g/mol. The number of rotatable bonds is 10. The zero-order valence-electron chi connectivity index (χ0n) is 12.0. The van der Waals surface area contributed by atoms with Gasteiger partial charge in [0.05, 0.1) is 0 Å². The Hall–Kier alpha value is -1.04. The van der Waals surface area contributed by atoms with Crippen LogP contribution in [-0.2, 0) is 12.8 Å². The fraction of sp³-hybridized carbons (Fsp3) is 0.556. The van der Waals surface area contributed by atoms with Crippen molar-refractivity contribution in [1.82, 2.24) is 0 Å². The van der Waals surface area contributed by atoms with Crippen molar-refractivity contribution in [3.05, 3.63) is 48.0 Å². The van der Waals surface area contributed by atoms with Gasteiger partial charge in [-0.3, -0.25) is 0 Å². The molecule has 0 saturated heterocycles. The third-order valence-electron chi connectivity index (χ3n) is 3.47. The minimum Gasteiger partial charge on any atom is -0.103 e. The number of hydrogen-bond donors (Lipinski definition) is 0. The predicted molar refractivity (Wildman–Crippen MR) is 82.0 cm³/mol. The van der Waals surface area contributed by atoms with Crippen molar-refractivity contribution < 1.29 is 0 Å². The molecule has 0 aromatic heterocycles. The van der Waals surface area contributed by atoms with Crippen LogP contribution in [0.5, 0.6) is 0 Å². The molecule has 0 nitrogen and oxygen atoms in total. The number of unbranched alkanes of at least 4 members (excludes halogenated alkanes) is 5. The summed E-state index contributed by atoms with van der Waals surface area (Å²) >= 11 is 0. The van der Waals surface area contributed by atoms with Crippen LogP contribution in [0.4, 0.5) is 0 Å². The average molecular weight is 244 g/mol. The number of allylic oxidation sites excluding steroid dienone is 1. The van der Waals surface area contributed by atoms with Crippen LogP contribution < -0.4 is 0 Å². The first-order valence-electron chi connectivity index (χ1n) is 7.55. The smallest absolute Gasteiger partial charge is 0.0279 e. The van der Waals surface area contributed by atoms with Gasteiger partial charge in [0.15, 0.2) is 0 Å². The molecule has 0 atom stereocenters. The van der Waals surface area contributed by atoms with E-state index in [0.717, 1.165) is 0 Å². The Morgan fingerprint density at radius 2 is 1.39 bits per heavy atom. The standard InChI is InChI=1S/C18H28/c1-3-5-7-8-9-10-12-18-15-13-17(14-16-18)11-6-4-2/h3,13-16H,1,4-12H2,2H3. The Labute approximate surface area is 113 Å². The molecule has 0 amide bonds. The number of benzene rings is 1. The highest BCUT2D eigenvalue weighted by Gasteiger charge is 1.96. The lowest BCUT2D eigenvalue weighted by molar-refractivity contribution is 0.646. The topological polar surface area (TPSA) is 0 Å². The largest absolute Gasteiger partial charge is 0.103 e. The molecule has 0 spiro atoms. The van der Waals surface area contributed by atoms with Crippen molar-refractivity contribution in [3.63, 3.8) is 0 Å². The van der Waals surface area contributed by atoms with Gasteiger partial charge >= 0.3 is 0 Å². The molecule has 0 heteroatoms. The van der Waals surface area contributed by atoms with Gasteiger partial charge in [-0.25, -0.2) is 0 Å². The first-order valence-corrected chi connectivity index (χ1v) is 7.55. The van der Waals surface area contributed by atoms with E-state index in [4.69, 9.17) is 0 Å². The molecule has 1 aromatic carbocycles. The van der Waals surface area contributed by atoms with E-state index in [1.165, 1.54) is 68.9 Å². The molecule has 0 N–H and O–H groups in total. The van der Waals surface area contributed by atoms with Gasteiger partial charge in [-0.15, -0.1) is 6.58 Å². The molecule has 100 valence electrons. The molecular weight excluding hydrogens is 216 g/mol. The van der Waals surface area contributed by atoms with E-state index in [0.29, 0.717) is 0 Å². The summed E-state index contributed by atoms with van der Waals surface area (Å²) in [6.07, 6.45) is 13.6. The van der Waals surface area contributed by atoms with Crippen molar-refractivity contribution in [2.45, 2.75) is 64.7 Å². The van der Waals surface area contributed by atoms with Crippen molar-refractivity contribution in [3.8, 4) is 0 Å². The Morgan fingerprint density at radius 1 is 0.833 bits per heavy atom. The lowest BCUT2D eigenvalue weighted by atomic mass is 10.0. The van der Waals surface area contributed by atoms with Gasteiger partial charge < -0.3 is 0 Å². The second-order valence-corrected chi connectivity index (χ2v) is 5.16. The summed E-state index contributed by atoms with van der Waals surface area (Å²) in [5.74, 6) is 0. The highest BCUT2D eigenvalue weighted by molar-refractivity contribution is 5.22. The lowest BCUT2D eigenvalue weighted by Gasteiger charge is -2.04. The molecule has 0 aliphatic carbocycles. The zero-order chi connectivity index (χ0) is 13.1. The molecule has 0 aliphatic rings. The van der Waals surface area contributed by atoms with E-state index in [1.54, 1.807) is 0 Å². The maximum Gasteiger partial charge on any atom is -0.0279 e. The first kappa shape index (κ1) is 15.0. The van der Waals surface area contributed by atoms with Gasteiger partial charge in [0, 0.05) is 0 Å². The van der Waals surface area contributed by atoms with Crippen LogP contribution in [0, 0.1) is 0 Å². The zero-order valence-corrected chi connectivity index (χ0v) is 12.0. The van der Waals surface area contributed by atoms with Crippen molar-refractivity contribution in [2.24, 2.45) is 0 Å². The Morgan fingerprint density at radius 3 is 1.94 bits per heavy atom. The van der Waals surface area contributed by atoms with Crippen molar-refractivity contribution in [1.29, 1.82) is 0 Å². The molecule has 1 rings (SSSR count). The van der Waals surface area contributed by atoms with Gasteiger partial charge in [0.1, 0.15) is 0 Å². The molecule has 18 heavy (non-hydrogen) atoms. The summed E-state index contributed by atoms with van der Waals surface area (Å²) < 4.78 is 0. The van der Waals surface area contributed by atoms with E-state index >= 15 is 0 Å². The molecule has 0 heterocycles. The van der Waals surface area contributed by atoms with Gasteiger partial charge in [-0.05, 0) is 49.7 Å². The maximum absolute atomic E-state index is 3.76. The van der Waals surface area contributed by atoms with Crippen LogP contribution in [-0.4, -0.2) is 0 Å². The van der Waals surface area contributed by atoms with Gasteiger partial charge in [-0.1, -0.05) is 56.5 Å². The average Bonchev–Trinajstić information content (AvgIpc) is 2.42. The van der Waals surface area contributed by atoms with E-state index in [2.05, 4.69) is 37.8 Å². The van der Waals surface area contributed by atoms with Crippen LogP contribution in [0.2, 0.25) is 0 Å². The summed E-state index contributed by atoms with van der Waals surface area (Å²) in [5.41, 5.74) is 2.99. The summed E-state index contributed by atoms with van der Waals surface area (Å²) in [6.45, 7) is 6.01. The molecule has 0 bridgehead atoms. The third kappa shape index (κ3) is 6.64. The normalized spacial score (nSPS) is 10.5. The third-order valence-corrected chi connectivity index (χ3v) is 3.47. The van der Waals surface area contributed by atoms with Crippen LogP contribution >= 0.6 is 0 Å². The molecule has 0 saturated carbocycles. The SMILES string of the molecule is C=CCCCCCCc1ccc(CCCC)cc1. The summed E-state index contributed by atoms with van der Waals surface area (Å²) in [5, 5.41) is 0. The fourth-order valence-electron chi connectivity index (χ4n) is 2.22. The minimum absolute atomic E-state index is 1.17. The van der Waals surface area contributed by atoms with Crippen LogP contribution in [0.3, 0.4) is 0 Å². The van der Waals surface area contributed by atoms with E-state index in [-0.39, 0.29) is 0 Å². The van der Waals surface area contributed by atoms with Gasteiger partial charge in [0.2, 0.25) is 0 Å². The number of hydrogen-bond acceptors (Lipinski definition) is 0. The summed E-state index contributed by atoms with van der Waals surface area (Å²) in [6, 6.07) is 9.24. The Bertz CT molecular complexity index is 307. The summed E-state index contributed by atoms with van der Waals surface area (Å²) in [7, 11) is 0. The fourth-order valence-corrected chi connectivity index (χ4v) is 2.22. The molecule has 0 aliphatic heterocycles. The van der Waals surface area contributed by atoms with Crippen LogP contribution in [0.15, 0.2) is 36.9 Å². The van der Waals surface area contributed by atoms with E-state index in [9.17, 15) is 0 Å². The quantitative estimate of drug-likeness (QED) is 0.365. The highest BCUT2D eigenvalue weighted by atomic mass is 14.0. The van der Waals surface area contributed by atoms with Crippen LogP contribution in [0.1, 0.15) is 63.0 Å². The van der Waals surface area contributed by atoms with Crippen molar-refractivity contribution >= 4 is 0 Å². The minimum atomic E-state index is 1.17. The second-order valence-electron chi connectivity index (χ2n) is 5.16. The maximum atomic E-state index is 3.76. The van der Waals surface area contributed by atoms with Gasteiger partial charge in [-0.2, -0.15) is 0 Å². The van der Waals surface area contributed by atoms with Gasteiger partial charge in [0.25, 0.3) is 0 Å². The predicted octanol–water partition coefficient (Wildman–Crippen LogP) is 5.71. The molecule has 1 aromatic rings. The van der Waals surface area contributed by atoms with E-state index in [1.807, 2.05) is 6.08 Å². The highest BCUT2D eigenvalue weighted by Crippen LogP contribution is 2.12. The van der Waals surface area contributed by atoms with Crippen LogP contribution in [0.25, 0.3) is 0 Å². The molecule has 0 unspecified atom stereocenters. The molecular formula is C18H28. The second kappa shape index (κ2) is 9.94. The van der Waals surface area contributed by atoms with E-state index < -0.39 is 0 Å². The molecule has 0 fully saturated rings. The molecule has 0 radical (unpaired) electrons. The lowest BCUT2D eigenvalue weighted by Crippen LogP contribution is -1.89. The van der Waals surface area contributed by atoms with Crippen molar-refractivity contribution in [2.75, 3.05) is 0 Å². The first-order chi connectivity index (χ1) is 8.86. The number of aryl methyl sites for hydroxylation is 2. The Kier molecular flexibility index (Phi) is 8.29. The summed E-state index contributed by atoms with van der Waals surface area (Å²) in [4.78, 5) is 0. The Balaban J connectivity index is 2.16.